The second kappa shape index (κ2) is 12.0. The molecule has 0 bridgehead atoms. The second-order valence-corrected chi connectivity index (χ2v) is 9.02. The molecule has 0 rings (SSSR count). The number of hydrogen-bond donors (Lipinski definition) is 5. The van der Waals surface area contributed by atoms with Crippen LogP contribution in [0.5, 0.6) is 0 Å². The van der Waals surface area contributed by atoms with Crippen molar-refractivity contribution in [2.75, 3.05) is 27.6 Å². The highest BCUT2D eigenvalue weighted by molar-refractivity contribution is 6.29. The quantitative estimate of drug-likeness (QED) is 0.158. The summed E-state index contributed by atoms with van der Waals surface area (Å²) in [6, 6.07) is 0. The van der Waals surface area contributed by atoms with Crippen molar-refractivity contribution in [2.45, 2.75) is 76.9 Å². The van der Waals surface area contributed by atoms with Crippen molar-refractivity contribution in [3.63, 3.8) is 0 Å². The normalized spacial score (nSPS) is 19.6. The molecule has 0 aromatic heterocycles. The largest absolute Gasteiger partial charge is 0.479 e. The van der Waals surface area contributed by atoms with Crippen LogP contribution in [0.25, 0.3) is 0 Å². The lowest BCUT2D eigenvalue weighted by Gasteiger charge is -2.50. The summed E-state index contributed by atoms with van der Waals surface area (Å²) in [5.41, 5.74) is -9.24. The Balaban J connectivity index is 8.18. The van der Waals surface area contributed by atoms with E-state index < -0.39 is 90.5 Å². The summed E-state index contributed by atoms with van der Waals surface area (Å²) >= 11 is 0. The van der Waals surface area contributed by atoms with Gasteiger partial charge in [0.1, 0.15) is 12.2 Å². The van der Waals surface area contributed by atoms with Crippen molar-refractivity contribution in [1.29, 1.82) is 0 Å². The van der Waals surface area contributed by atoms with E-state index in [4.69, 9.17) is 2.74 Å². The maximum absolute atomic E-state index is 14.7. The van der Waals surface area contributed by atoms with Gasteiger partial charge >= 0.3 is 5.97 Å². The van der Waals surface area contributed by atoms with E-state index in [1.807, 2.05) is 0 Å². The van der Waals surface area contributed by atoms with Crippen LogP contribution in [-0.2, 0) is 28.8 Å². The Labute approximate surface area is 213 Å². The molecule has 13 heteroatoms. The highest BCUT2D eigenvalue weighted by Gasteiger charge is 2.67. The van der Waals surface area contributed by atoms with Crippen LogP contribution in [0.3, 0.4) is 0 Å². The van der Waals surface area contributed by atoms with Crippen molar-refractivity contribution in [3.8, 4) is 0 Å². The molecule has 0 aromatic rings. The Morgan fingerprint density at radius 3 is 1.69 bits per heavy atom. The van der Waals surface area contributed by atoms with E-state index in [2.05, 4.69) is 5.32 Å². The summed E-state index contributed by atoms with van der Waals surface area (Å²) in [5, 5.41) is 42.8. The van der Waals surface area contributed by atoms with E-state index >= 15 is 0 Å². The molecule has 0 heterocycles. The zero-order valence-electron chi connectivity index (χ0n) is 23.7. The number of aliphatic hydroxyl groups is 3. The monoisotopic (exact) mass is 519 g/mol. The number of nitrogens with one attached hydrogen (secondary N) is 1. The number of carbonyl (C=O) groups is 6. The number of carboxylic acids is 1. The number of nitrogens with zero attached hydrogens (tertiary/aromatic N) is 2. The number of likely N-dealkylation sites (N-methyl/N-ethyl adjacent to an activating group) is 3. The number of carbonyl (C=O) groups excluding carboxylic acids is 5. The summed E-state index contributed by atoms with van der Waals surface area (Å²) in [6.45, 7) is 5.46. The molecule has 0 aliphatic heterocycles. The maximum Gasteiger partial charge on any atom is 0.343 e. The van der Waals surface area contributed by atoms with E-state index in [0.29, 0.717) is 11.8 Å². The average molecular weight is 520 g/mol. The van der Waals surface area contributed by atoms with E-state index in [1.165, 1.54) is 20.9 Å². The molecular formula is C23H39N3O10. The molecule has 0 aromatic carbocycles. The van der Waals surface area contributed by atoms with Gasteiger partial charge in [0.2, 0.25) is 11.4 Å². The van der Waals surface area contributed by atoms with Crippen molar-refractivity contribution >= 4 is 35.1 Å². The van der Waals surface area contributed by atoms with E-state index in [1.54, 1.807) is 0 Å². The van der Waals surface area contributed by atoms with Crippen LogP contribution in [0.15, 0.2) is 0 Å². The predicted octanol–water partition coefficient (Wildman–Crippen LogP) is -2.03. The number of aliphatic hydroxyl groups excluding tert-OH is 2. The zero-order valence-corrected chi connectivity index (χ0v) is 21.7. The molecule has 0 aliphatic carbocycles. The van der Waals surface area contributed by atoms with Crippen LogP contribution in [0.4, 0.5) is 0 Å². The fourth-order valence-corrected chi connectivity index (χ4v) is 3.77. The minimum absolute atomic E-state index is 0.154. The SMILES string of the molecule is [2H]CN(C(=O)[C@H](C)O)[C@](C)(C(=O)CNC)C(=O)[C@@](C(=O)[C@@](C)(O)C(=O)O)([C@H](C)CC)N(C[2H])C(=O)[C@H](C)O. The van der Waals surface area contributed by atoms with Crippen molar-refractivity contribution in [1.82, 2.24) is 15.1 Å². The van der Waals surface area contributed by atoms with Crippen LogP contribution >= 0.6 is 0 Å². The third-order valence-corrected chi connectivity index (χ3v) is 6.41. The molecule has 0 aliphatic rings. The summed E-state index contributed by atoms with van der Waals surface area (Å²) in [4.78, 5) is 80.8. The fraction of sp³-hybridized carbons (Fsp3) is 0.739. The Morgan fingerprint density at radius 1 is 0.917 bits per heavy atom. The Morgan fingerprint density at radius 2 is 1.36 bits per heavy atom. The van der Waals surface area contributed by atoms with Gasteiger partial charge in [0, 0.05) is 16.8 Å². The number of ketones is 3. The molecule has 0 saturated heterocycles. The first-order valence-corrected chi connectivity index (χ1v) is 11.1. The lowest BCUT2D eigenvalue weighted by Crippen LogP contribution is -2.77. The number of hydrogen-bond acceptors (Lipinski definition) is 10. The van der Waals surface area contributed by atoms with Crippen molar-refractivity contribution in [2.24, 2.45) is 5.92 Å². The minimum Gasteiger partial charge on any atom is -0.479 e. The molecule has 0 radical (unpaired) electrons. The number of amides is 2. The highest BCUT2D eigenvalue weighted by atomic mass is 16.4. The molecule has 13 nitrogen and oxygen atoms in total. The first-order chi connectivity index (χ1) is 17.3. The summed E-state index contributed by atoms with van der Waals surface area (Å²) in [7, 11) is -0.977. The van der Waals surface area contributed by atoms with Crippen LogP contribution in [-0.4, -0.2) is 122 Å². The zero-order chi connectivity index (χ0) is 30.4. The first-order valence-electron chi connectivity index (χ1n) is 12.5. The Hall–Kier alpha value is -2.74. The van der Waals surface area contributed by atoms with Crippen molar-refractivity contribution < 1.29 is 51.9 Å². The number of rotatable bonds is 14. The smallest absolute Gasteiger partial charge is 0.343 e. The van der Waals surface area contributed by atoms with Gasteiger partial charge in [-0.2, -0.15) is 0 Å². The van der Waals surface area contributed by atoms with Gasteiger partial charge in [-0.25, -0.2) is 4.79 Å². The van der Waals surface area contributed by atoms with Crippen molar-refractivity contribution in [3.05, 3.63) is 0 Å². The fourth-order valence-electron chi connectivity index (χ4n) is 3.77. The highest BCUT2D eigenvalue weighted by Crippen LogP contribution is 2.39. The molecule has 36 heavy (non-hydrogen) atoms. The molecule has 0 unspecified atom stereocenters. The molecule has 2 amide bonds. The maximum atomic E-state index is 14.7. The minimum atomic E-state index is -3.35. The molecule has 0 fully saturated rings. The third-order valence-electron chi connectivity index (χ3n) is 6.41. The van der Waals surface area contributed by atoms with Gasteiger partial charge < -0.3 is 35.5 Å². The molecule has 206 valence electrons. The number of Topliss-reactive ketones (excluding diaryl/α,β-unsaturated/α-hetero) is 3. The van der Waals surface area contributed by atoms with E-state index in [9.17, 15) is 49.2 Å². The van der Waals surface area contributed by atoms with E-state index in [0.717, 1.165) is 20.8 Å². The summed E-state index contributed by atoms with van der Waals surface area (Å²) in [5.74, 6) is -10.6. The summed E-state index contributed by atoms with van der Waals surface area (Å²) in [6.07, 6.45) is -3.89. The van der Waals surface area contributed by atoms with Gasteiger partial charge in [-0.05, 0) is 40.7 Å². The first kappa shape index (κ1) is 29.5. The van der Waals surface area contributed by atoms with Gasteiger partial charge in [-0.15, -0.1) is 0 Å². The Bertz CT molecular complexity index is 942. The van der Waals surface area contributed by atoms with Gasteiger partial charge in [0.15, 0.2) is 22.6 Å². The van der Waals surface area contributed by atoms with Gasteiger partial charge in [-0.1, -0.05) is 20.3 Å². The molecule has 0 spiro atoms. The Kier molecular flexibility index (Phi) is 9.83. The van der Waals surface area contributed by atoms with Crippen LogP contribution in [0.2, 0.25) is 0 Å². The van der Waals surface area contributed by atoms with E-state index in [-0.39, 0.29) is 11.3 Å². The second-order valence-electron chi connectivity index (χ2n) is 9.02. The predicted molar refractivity (Wildman–Crippen MR) is 127 cm³/mol. The average Bonchev–Trinajstić information content (AvgIpc) is 2.85. The van der Waals surface area contributed by atoms with Gasteiger partial charge in [0.05, 0.1) is 6.54 Å². The molecular weight excluding hydrogens is 478 g/mol. The summed E-state index contributed by atoms with van der Waals surface area (Å²) < 4.78 is 15.9. The standard InChI is InChI=1S/C23H39N3O10/c1-10-12(2)23(26(9)17(31)14(4)28,19(33)22(6,36)20(34)35)18(32)21(5,15(29)11-24-7)25(8)16(30)13(3)27/h12-14,24,27-28,36H,10-11H2,1-9H3,(H,34,35)/t12-,13+,14+,21-,22-,23-/m1/s1/i8D,9D. The van der Waals surface area contributed by atoms with Crippen LogP contribution in [0.1, 0.15) is 50.7 Å². The van der Waals surface area contributed by atoms with Crippen LogP contribution < -0.4 is 5.32 Å². The number of carboxylic acid groups (broad SMARTS) is 1. The third kappa shape index (κ3) is 5.48. The van der Waals surface area contributed by atoms with Gasteiger partial charge in [0.25, 0.3) is 11.8 Å². The molecule has 5 N–H and O–H groups in total. The van der Waals surface area contributed by atoms with Crippen LogP contribution in [0, 0.1) is 5.92 Å². The number of aliphatic carboxylic acids is 1. The lowest BCUT2D eigenvalue weighted by molar-refractivity contribution is -0.180. The van der Waals surface area contributed by atoms with Gasteiger partial charge in [-0.3, -0.25) is 24.0 Å². The lowest BCUT2D eigenvalue weighted by atomic mass is 9.64. The molecule has 0 saturated carbocycles. The topological polar surface area (TPSA) is 202 Å². The molecule has 6 atom stereocenters.